The van der Waals surface area contributed by atoms with Gasteiger partial charge in [-0.05, 0) is 54.1 Å². The molecule has 2 aliphatic carbocycles. The van der Waals surface area contributed by atoms with E-state index in [0.29, 0.717) is 12.1 Å². The zero-order valence-corrected chi connectivity index (χ0v) is 15.1. The van der Waals surface area contributed by atoms with Gasteiger partial charge in [-0.3, -0.25) is 12.2 Å². The van der Waals surface area contributed by atoms with Crippen molar-refractivity contribution in [2.75, 3.05) is 28.2 Å². The Balaban J connectivity index is 0.000000364. The Hall–Kier alpha value is -0.614. The minimum atomic E-state index is 0. The molecule has 0 fully saturated rings. The molecular formula is C18H28CoN2. The first-order valence-electron chi connectivity index (χ1n) is 7.30. The standard InChI is InChI=1S/2C9H14N.Co/c2*1-8(10(2)3)9-6-4-5-7-9;/h2*4,6,8H,5H2,1-3H3;/q2*-1;+2. The van der Waals surface area contributed by atoms with E-state index in [1.54, 1.807) is 0 Å². The fraction of sp³-hybridized carbons (Fsp3) is 0.556. The Morgan fingerprint density at radius 3 is 1.33 bits per heavy atom. The predicted octanol–water partition coefficient (Wildman–Crippen LogP) is 3.25. The molecule has 0 N–H and O–H groups in total. The third-order valence-electron chi connectivity index (χ3n) is 3.89. The van der Waals surface area contributed by atoms with Crippen LogP contribution in [0.5, 0.6) is 0 Å². The SMILES string of the molecule is CC(C1=[C-]CC=C1)N(C)C.CC(C1=[C-]CC=C1)N(C)C.[Co+2]. The number of rotatable bonds is 4. The second kappa shape index (κ2) is 10.2. The van der Waals surface area contributed by atoms with Crippen LogP contribution in [0.3, 0.4) is 0 Å². The van der Waals surface area contributed by atoms with E-state index in [4.69, 9.17) is 0 Å². The van der Waals surface area contributed by atoms with E-state index in [9.17, 15) is 0 Å². The fourth-order valence-corrected chi connectivity index (χ4v) is 1.97. The summed E-state index contributed by atoms with van der Waals surface area (Å²) in [5.41, 5.74) is 2.65. The summed E-state index contributed by atoms with van der Waals surface area (Å²) in [6, 6.07) is 1.03. The van der Waals surface area contributed by atoms with Crippen LogP contribution in [0.2, 0.25) is 0 Å². The number of nitrogens with zero attached hydrogens (tertiary/aromatic N) is 2. The summed E-state index contributed by atoms with van der Waals surface area (Å²) in [4.78, 5) is 4.38. The third-order valence-corrected chi connectivity index (χ3v) is 3.89. The smallest absolute Gasteiger partial charge is 0.306 e. The second-order valence-corrected chi connectivity index (χ2v) is 5.76. The summed E-state index contributed by atoms with van der Waals surface area (Å²) in [7, 11) is 8.36. The number of allylic oxidation sites excluding steroid dienone is 4. The van der Waals surface area contributed by atoms with Gasteiger partial charge in [0.2, 0.25) is 0 Å². The second-order valence-electron chi connectivity index (χ2n) is 5.76. The zero-order chi connectivity index (χ0) is 15.1. The first-order valence-corrected chi connectivity index (χ1v) is 7.30. The van der Waals surface area contributed by atoms with Gasteiger partial charge in [0.25, 0.3) is 0 Å². The molecule has 0 amide bonds. The summed E-state index contributed by atoms with van der Waals surface area (Å²) < 4.78 is 0. The van der Waals surface area contributed by atoms with Crippen LogP contribution < -0.4 is 0 Å². The topological polar surface area (TPSA) is 6.48 Å². The van der Waals surface area contributed by atoms with Gasteiger partial charge in [0.1, 0.15) is 0 Å². The van der Waals surface area contributed by atoms with Crippen molar-refractivity contribution in [2.24, 2.45) is 0 Å². The monoisotopic (exact) mass is 331 g/mol. The van der Waals surface area contributed by atoms with E-state index in [-0.39, 0.29) is 16.8 Å². The molecule has 119 valence electrons. The van der Waals surface area contributed by atoms with Crippen LogP contribution >= 0.6 is 0 Å². The molecule has 2 aliphatic rings. The maximum Gasteiger partial charge on any atom is 2.00 e. The molecule has 0 saturated carbocycles. The van der Waals surface area contributed by atoms with Gasteiger partial charge >= 0.3 is 16.8 Å². The summed E-state index contributed by atoms with van der Waals surface area (Å²) in [5, 5.41) is 0. The summed E-state index contributed by atoms with van der Waals surface area (Å²) in [6.07, 6.45) is 17.2. The van der Waals surface area contributed by atoms with Crippen molar-refractivity contribution < 1.29 is 16.8 Å². The van der Waals surface area contributed by atoms with E-state index in [1.165, 1.54) is 11.1 Å². The maximum atomic E-state index is 3.30. The van der Waals surface area contributed by atoms with Crippen molar-refractivity contribution in [3.63, 3.8) is 0 Å². The van der Waals surface area contributed by atoms with Crippen molar-refractivity contribution in [2.45, 2.75) is 38.8 Å². The Kier molecular flexibility index (Phi) is 9.87. The van der Waals surface area contributed by atoms with Gasteiger partial charge in [-0.2, -0.15) is 12.2 Å². The van der Waals surface area contributed by atoms with E-state index >= 15 is 0 Å². The van der Waals surface area contributed by atoms with Gasteiger partial charge in [0.05, 0.1) is 0 Å². The van der Waals surface area contributed by atoms with E-state index in [1.807, 2.05) is 0 Å². The minimum absolute atomic E-state index is 0. The normalized spacial score (nSPS) is 18.9. The molecule has 0 aromatic heterocycles. The molecule has 0 aromatic carbocycles. The molecule has 1 radical (unpaired) electrons. The van der Waals surface area contributed by atoms with Gasteiger partial charge in [-0.1, -0.05) is 0 Å². The van der Waals surface area contributed by atoms with Crippen LogP contribution in [-0.2, 0) is 16.8 Å². The van der Waals surface area contributed by atoms with Gasteiger partial charge in [-0.25, -0.2) is 23.3 Å². The predicted molar refractivity (Wildman–Crippen MR) is 87.3 cm³/mol. The van der Waals surface area contributed by atoms with Crippen molar-refractivity contribution in [1.29, 1.82) is 0 Å². The molecule has 3 heteroatoms. The van der Waals surface area contributed by atoms with Gasteiger partial charge in [0, 0.05) is 0 Å². The molecule has 0 spiro atoms. The Morgan fingerprint density at radius 1 is 0.810 bits per heavy atom. The molecule has 0 heterocycles. The van der Waals surface area contributed by atoms with Crippen molar-refractivity contribution in [3.8, 4) is 0 Å². The van der Waals surface area contributed by atoms with Crippen molar-refractivity contribution in [3.05, 3.63) is 47.6 Å². The Labute approximate surface area is 141 Å². The van der Waals surface area contributed by atoms with E-state index in [2.05, 4.69) is 88.3 Å². The molecule has 2 atom stereocenters. The van der Waals surface area contributed by atoms with Crippen LogP contribution in [0, 0.1) is 12.2 Å². The summed E-state index contributed by atoms with van der Waals surface area (Å²) >= 11 is 0. The average Bonchev–Trinajstić information content (AvgIpc) is 3.10. The van der Waals surface area contributed by atoms with Crippen molar-refractivity contribution >= 4 is 0 Å². The first kappa shape index (κ1) is 20.4. The van der Waals surface area contributed by atoms with Crippen LogP contribution in [-0.4, -0.2) is 50.1 Å². The average molecular weight is 331 g/mol. The quantitative estimate of drug-likeness (QED) is 0.730. The van der Waals surface area contributed by atoms with Gasteiger partial charge < -0.3 is 9.80 Å². The van der Waals surface area contributed by atoms with Crippen LogP contribution in [0.1, 0.15) is 26.7 Å². The molecule has 0 aromatic rings. The molecule has 0 bridgehead atoms. The fourth-order valence-electron chi connectivity index (χ4n) is 1.97. The number of hydrogen-bond donors (Lipinski definition) is 0. The third kappa shape index (κ3) is 6.79. The Bertz CT molecular complexity index is 377. The van der Waals surface area contributed by atoms with E-state index < -0.39 is 0 Å². The maximum absolute atomic E-state index is 3.30. The number of likely N-dealkylation sites (N-methyl/N-ethyl adjacent to an activating group) is 2. The van der Waals surface area contributed by atoms with Crippen LogP contribution in [0.15, 0.2) is 35.5 Å². The molecular weight excluding hydrogens is 303 g/mol. The molecule has 2 nitrogen and oxygen atoms in total. The van der Waals surface area contributed by atoms with E-state index in [0.717, 1.165) is 12.8 Å². The summed E-state index contributed by atoms with van der Waals surface area (Å²) in [5.74, 6) is 0. The van der Waals surface area contributed by atoms with Crippen LogP contribution in [0.25, 0.3) is 0 Å². The zero-order valence-electron chi connectivity index (χ0n) is 14.1. The number of hydrogen-bond acceptors (Lipinski definition) is 2. The van der Waals surface area contributed by atoms with Gasteiger partial charge in [-0.15, -0.1) is 12.8 Å². The van der Waals surface area contributed by atoms with Gasteiger partial charge in [0.15, 0.2) is 0 Å². The van der Waals surface area contributed by atoms with Crippen molar-refractivity contribution in [1.82, 2.24) is 9.80 Å². The minimum Gasteiger partial charge on any atom is -0.306 e. The first-order chi connectivity index (χ1) is 9.43. The van der Waals surface area contributed by atoms with Crippen LogP contribution in [0.4, 0.5) is 0 Å². The Morgan fingerprint density at radius 2 is 1.14 bits per heavy atom. The summed E-state index contributed by atoms with van der Waals surface area (Å²) in [6.45, 7) is 4.38. The largest absolute Gasteiger partial charge is 2.00 e. The molecule has 0 saturated heterocycles. The molecule has 0 aliphatic heterocycles. The molecule has 21 heavy (non-hydrogen) atoms. The molecule has 2 unspecified atom stereocenters. The molecule has 2 rings (SSSR count).